The molecule has 0 aliphatic carbocycles. The van der Waals surface area contributed by atoms with Gasteiger partial charge in [-0.3, -0.25) is 4.98 Å². The Kier molecular flexibility index (Phi) is 5.67. The molecule has 1 radical (unpaired) electrons. The summed E-state index contributed by atoms with van der Waals surface area (Å²) in [5.41, 5.74) is 8.92. The van der Waals surface area contributed by atoms with E-state index >= 15 is 0 Å². The zero-order chi connectivity index (χ0) is 21.6. The zero-order valence-corrected chi connectivity index (χ0v) is 20.0. The number of rotatable bonds is 5. The molecule has 4 rings (SSSR count). The molecule has 2 aromatic rings. The van der Waals surface area contributed by atoms with Crippen molar-refractivity contribution in [3.63, 3.8) is 0 Å². The highest BCUT2D eigenvalue weighted by atomic mass is 35.5. The number of nitrogens with zero attached hydrogens (tertiary/aromatic N) is 4. The molecule has 4 heterocycles. The summed E-state index contributed by atoms with van der Waals surface area (Å²) >= 11 is 6.61. The number of nitrogen functional groups attached to an aromatic ring is 1. The van der Waals surface area contributed by atoms with Crippen molar-refractivity contribution in [1.82, 2.24) is 15.0 Å². The molecule has 0 aromatic carbocycles. The zero-order valence-electron chi connectivity index (χ0n) is 18.2. The van der Waals surface area contributed by atoms with E-state index in [-0.39, 0.29) is 23.4 Å². The quantitative estimate of drug-likeness (QED) is 0.551. The molecule has 0 amide bonds. The Morgan fingerprint density at radius 3 is 2.83 bits per heavy atom. The first kappa shape index (κ1) is 21.3. The Balaban J connectivity index is 1.70. The fourth-order valence-corrected chi connectivity index (χ4v) is 5.65. The van der Waals surface area contributed by atoms with Crippen molar-refractivity contribution in [1.29, 1.82) is 0 Å². The van der Waals surface area contributed by atoms with Crippen LogP contribution in [0.4, 0.5) is 11.8 Å². The fraction of sp³-hybridized carbons (Fsp3) is 0.571. The summed E-state index contributed by atoms with van der Waals surface area (Å²) in [5.74, 6) is 1.91. The molecule has 0 bridgehead atoms. The molecular weight excluding hydrogens is 418 g/mol. The van der Waals surface area contributed by atoms with Crippen molar-refractivity contribution < 1.29 is 9.16 Å². The highest BCUT2D eigenvalue weighted by Crippen LogP contribution is 2.46. The van der Waals surface area contributed by atoms with Gasteiger partial charge in [0.1, 0.15) is 16.7 Å². The molecule has 0 saturated carbocycles. The SMILES string of the molecule is C[Si](C)OC(C1CN(Cc2cnc3c(c2)OCC3)c2nc(N)nc(Cl)c21)C(C)(C)C. The van der Waals surface area contributed by atoms with E-state index in [1.165, 1.54) is 0 Å². The lowest BCUT2D eigenvalue weighted by atomic mass is 9.79. The van der Waals surface area contributed by atoms with Crippen LogP contribution in [-0.2, 0) is 17.4 Å². The largest absolute Gasteiger partial charge is 0.491 e. The van der Waals surface area contributed by atoms with Crippen molar-refractivity contribution >= 4 is 32.4 Å². The van der Waals surface area contributed by atoms with E-state index in [0.717, 1.165) is 41.4 Å². The van der Waals surface area contributed by atoms with Crippen LogP contribution < -0.4 is 15.4 Å². The van der Waals surface area contributed by atoms with E-state index in [2.05, 4.69) is 59.8 Å². The molecule has 2 aromatic heterocycles. The molecule has 30 heavy (non-hydrogen) atoms. The third kappa shape index (κ3) is 4.13. The van der Waals surface area contributed by atoms with Crippen molar-refractivity contribution in [3.8, 4) is 5.75 Å². The number of ether oxygens (including phenoxy) is 1. The number of nitrogens with two attached hydrogens (primary N) is 1. The lowest BCUT2D eigenvalue weighted by molar-refractivity contribution is 0.0648. The van der Waals surface area contributed by atoms with E-state index in [1.807, 2.05) is 6.20 Å². The number of fused-ring (bicyclic) bond motifs is 2. The monoisotopic (exact) mass is 446 g/mol. The molecule has 9 heteroatoms. The Labute approximate surface area is 184 Å². The average Bonchev–Trinajstić information content (AvgIpc) is 3.23. The number of anilines is 2. The smallest absolute Gasteiger partial charge is 0.223 e. The van der Waals surface area contributed by atoms with Gasteiger partial charge in [0.05, 0.1) is 18.4 Å². The predicted molar refractivity (Wildman–Crippen MR) is 120 cm³/mol. The normalized spacial score (nSPS) is 19.0. The molecule has 7 nitrogen and oxygen atoms in total. The Hall–Kier alpha value is -1.90. The molecule has 2 atom stereocenters. The standard InChI is InChI=1S/C21H29ClN5O2Si/c1-21(2,3)17(29-30(4)5)13-11-27(19-16(13)18(22)25-20(23)26-19)10-12-8-15-14(24-9-12)6-7-28-15/h8-9,13,17H,6-7,10-11H2,1-5H3,(H2,23,25,26). The van der Waals surface area contributed by atoms with Gasteiger partial charge in [0, 0.05) is 37.2 Å². The minimum absolute atomic E-state index is 0.00339. The number of pyridine rings is 1. The fourth-order valence-electron chi connectivity index (χ4n) is 4.32. The van der Waals surface area contributed by atoms with Gasteiger partial charge in [-0.15, -0.1) is 0 Å². The minimum Gasteiger partial charge on any atom is -0.491 e. The summed E-state index contributed by atoms with van der Waals surface area (Å²) in [6.07, 6.45) is 2.78. The van der Waals surface area contributed by atoms with Crippen LogP contribution in [0.25, 0.3) is 0 Å². The van der Waals surface area contributed by atoms with Gasteiger partial charge in [0.2, 0.25) is 15.0 Å². The summed E-state index contributed by atoms with van der Waals surface area (Å²) in [6.45, 7) is 13.0. The van der Waals surface area contributed by atoms with Crippen LogP contribution >= 0.6 is 11.6 Å². The molecular formula is C21H29ClN5O2Si. The summed E-state index contributed by atoms with van der Waals surface area (Å²) in [6, 6.07) is 2.07. The van der Waals surface area contributed by atoms with Gasteiger partial charge in [0.15, 0.2) is 0 Å². The maximum atomic E-state index is 6.61. The van der Waals surface area contributed by atoms with E-state index in [1.54, 1.807) is 0 Å². The highest BCUT2D eigenvalue weighted by Gasteiger charge is 2.43. The summed E-state index contributed by atoms with van der Waals surface area (Å²) in [4.78, 5) is 15.6. The maximum Gasteiger partial charge on any atom is 0.223 e. The molecule has 0 fully saturated rings. The van der Waals surface area contributed by atoms with Crippen LogP contribution in [0.2, 0.25) is 18.2 Å². The first-order chi connectivity index (χ1) is 14.1. The second-order valence-corrected chi connectivity index (χ2v) is 11.7. The van der Waals surface area contributed by atoms with E-state index < -0.39 is 9.04 Å². The van der Waals surface area contributed by atoms with Crippen LogP contribution in [0.3, 0.4) is 0 Å². The molecule has 2 N–H and O–H groups in total. The Bertz CT molecular complexity index is 950. The van der Waals surface area contributed by atoms with Gasteiger partial charge in [-0.25, -0.2) is 4.98 Å². The first-order valence-corrected chi connectivity index (χ1v) is 13.1. The number of hydrogen-bond donors (Lipinski definition) is 1. The molecule has 0 spiro atoms. The first-order valence-electron chi connectivity index (χ1n) is 10.3. The molecule has 2 aliphatic rings. The van der Waals surface area contributed by atoms with Crippen LogP contribution in [-0.4, -0.2) is 43.2 Å². The van der Waals surface area contributed by atoms with E-state index in [4.69, 9.17) is 26.5 Å². The van der Waals surface area contributed by atoms with Crippen molar-refractivity contribution in [2.24, 2.45) is 5.41 Å². The number of aromatic nitrogens is 3. The average molecular weight is 447 g/mol. The van der Waals surface area contributed by atoms with Crippen molar-refractivity contribution in [2.45, 2.75) is 58.9 Å². The van der Waals surface area contributed by atoms with Crippen molar-refractivity contribution in [3.05, 3.63) is 34.2 Å². The van der Waals surface area contributed by atoms with Gasteiger partial charge in [-0.1, -0.05) is 32.4 Å². The molecule has 0 saturated heterocycles. The number of hydrogen-bond acceptors (Lipinski definition) is 7. The van der Waals surface area contributed by atoms with Gasteiger partial charge in [-0.2, -0.15) is 4.98 Å². The van der Waals surface area contributed by atoms with Crippen LogP contribution in [0.1, 0.15) is 43.5 Å². The third-order valence-electron chi connectivity index (χ3n) is 5.52. The number of halogens is 1. The van der Waals surface area contributed by atoms with Crippen LogP contribution in [0.15, 0.2) is 12.3 Å². The molecule has 2 aliphatic heterocycles. The lowest BCUT2D eigenvalue weighted by Crippen LogP contribution is -2.40. The topological polar surface area (TPSA) is 86.4 Å². The van der Waals surface area contributed by atoms with Gasteiger partial charge >= 0.3 is 0 Å². The van der Waals surface area contributed by atoms with Crippen LogP contribution in [0, 0.1) is 5.41 Å². The van der Waals surface area contributed by atoms with E-state index in [9.17, 15) is 0 Å². The minimum atomic E-state index is -0.911. The summed E-state index contributed by atoms with van der Waals surface area (Å²) < 4.78 is 12.2. The second kappa shape index (κ2) is 7.98. The second-order valence-electron chi connectivity index (χ2n) is 9.30. The predicted octanol–water partition coefficient (Wildman–Crippen LogP) is 3.83. The maximum absolute atomic E-state index is 6.61. The summed E-state index contributed by atoms with van der Waals surface area (Å²) in [5, 5.41) is 0.416. The summed E-state index contributed by atoms with van der Waals surface area (Å²) in [7, 11) is -0.911. The van der Waals surface area contributed by atoms with Gasteiger partial charge in [-0.05, 0) is 30.1 Å². The van der Waals surface area contributed by atoms with Crippen LogP contribution in [0.5, 0.6) is 5.75 Å². The highest BCUT2D eigenvalue weighted by molar-refractivity contribution is 6.48. The van der Waals surface area contributed by atoms with E-state index in [0.29, 0.717) is 18.3 Å². The van der Waals surface area contributed by atoms with Gasteiger partial charge < -0.3 is 19.8 Å². The van der Waals surface area contributed by atoms with Gasteiger partial charge in [0.25, 0.3) is 0 Å². The Morgan fingerprint density at radius 1 is 1.37 bits per heavy atom. The van der Waals surface area contributed by atoms with Crippen molar-refractivity contribution in [2.75, 3.05) is 23.8 Å². The molecule has 2 unspecified atom stereocenters. The molecule has 161 valence electrons. The Morgan fingerprint density at radius 2 is 2.13 bits per heavy atom. The lowest BCUT2D eigenvalue weighted by Gasteiger charge is -2.37. The third-order valence-corrected chi connectivity index (χ3v) is 6.54.